The normalized spacial score (nSPS) is 12.3. The molecule has 31 heavy (non-hydrogen) atoms. The number of hydrogen-bond acceptors (Lipinski definition) is 7. The van der Waals surface area contributed by atoms with Crippen LogP contribution in [0.25, 0.3) is 22.4 Å². The first-order valence-corrected chi connectivity index (χ1v) is 9.67. The minimum Gasteiger partial charge on any atom is -0.454 e. The molecule has 1 aliphatic rings. The molecule has 0 unspecified atom stereocenters. The number of amides is 1. The van der Waals surface area contributed by atoms with Crippen LogP contribution in [0.3, 0.4) is 0 Å². The summed E-state index contributed by atoms with van der Waals surface area (Å²) in [6.45, 7) is 2.09. The predicted octanol–water partition coefficient (Wildman–Crippen LogP) is 2.41. The average Bonchev–Trinajstić information content (AvgIpc) is 3.42. The number of para-hydroxylation sites is 1. The summed E-state index contributed by atoms with van der Waals surface area (Å²) in [6, 6.07) is 14.2. The smallest absolute Gasteiger partial charge is 0.258 e. The third kappa shape index (κ3) is 3.61. The lowest BCUT2D eigenvalue weighted by atomic mass is 10.1. The van der Waals surface area contributed by atoms with Crippen molar-refractivity contribution in [1.29, 1.82) is 0 Å². The van der Waals surface area contributed by atoms with E-state index in [1.54, 1.807) is 19.1 Å². The van der Waals surface area contributed by atoms with E-state index < -0.39 is 0 Å². The van der Waals surface area contributed by atoms with Crippen LogP contribution in [0.4, 0.5) is 0 Å². The van der Waals surface area contributed by atoms with Crippen molar-refractivity contribution in [3.8, 4) is 23.0 Å². The number of carbonyl (C=O) groups is 1. The van der Waals surface area contributed by atoms with Crippen LogP contribution in [0.5, 0.6) is 11.5 Å². The van der Waals surface area contributed by atoms with E-state index >= 15 is 0 Å². The molecule has 9 nitrogen and oxygen atoms in total. The fourth-order valence-corrected chi connectivity index (χ4v) is 3.53. The number of pyridine rings is 1. The van der Waals surface area contributed by atoms with E-state index in [1.807, 2.05) is 30.3 Å². The van der Waals surface area contributed by atoms with Gasteiger partial charge in [0.1, 0.15) is 6.54 Å². The van der Waals surface area contributed by atoms with Crippen LogP contribution in [-0.4, -0.2) is 27.4 Å². The summed E-state index contributed by atoms with van der Waals surface area (Å²) in [7, 11) is 0. The van der Waals surface area contributed by atoms with Gasteiger partial charge < -0.3 is 19.3 Å². The summed E-state index contributed by atoms with van der Waals surface area (Å²) < 4.78 is 17.3. The number of fused-ring (bicyclic) bond motifs is 2. The second-order valence-electron chi connectivity index (χ2n) is 7.11. The molecule has 156 valence electrons. The number of aromatic nitrogens is 3. The van der Waals surface area contributed by atoms with Gasteiger partial charge in [-0.15, -0.1) is 0 Å². The van der Waals surface area contributed by atoms with Gasteiger partial charge in [0.05, 0.1) is 11.1 Å². The summed E-state index contributed by atoms with van der Waals surface area (Å²) in [5.74, 6) is 1.80. The van der Waals surface area contributed by atoms with Crippen molar-refractivity contribution in [2.75, 3.05) is 6.79 Å². The molecule has 0 atom stereocenters. The molecule has 9 heteroatoms. The van der Waals surface area contributed by atoms with Gasteiger partial charge in [0.2, 0.25) is 12.7 Å². The molecule has 0 saturated heterocycles. The zero-order chi connectivity index (χ0) is 21.4. The topological polar surface area (TPSA) is 108 Å². The number of benzene rings is 2. The first-order valence-electron chi connectivity index (χ1n) is 9.67. The van der Waals surface area contributed by atoms with E-state index in [1.165, 1.54) is 10.6 Å². The van der Waals surface area contributed by atoms with Gasteiger partial charge in [0, 0.05) is 18.0 Å². The summed E-state index contributed by atoms with van der Waals surface area (Å²) >= 11 is 0. The highest BCUT2D eigenvalue weighted by Gasteiger charge is 2.17. The van der Waals surface area contributed by atoms with Crippen LogP contribution < -0.4 is 20.3 Å². The number of nitrogens with zero attached hydrogens (tertiary/aromatic N) is 3. The van der Waals surface area contributed by atoms with Gasteiger partial charge in [-0.05, 0) is 30.7 Å². The van der Waals surface area contributed by atoms with Crippen molar-refractivity contribution < 1.29 is 18.8 Å². The highest BCUT2D eigenvalue weighted by molar-refractivity contribution is 5.93. The summed E-state index contributed by atoms with van der Waals surface area (Å²) in [5.41, 5.74) is 1.69. The molecule has 0 aliphatic carbocycles. The van der Waals surface area contributed by atoms with Gasteiger partial charge in [-0.1, -0.05) is 29.4 Å². The van der Waals surface area contributed by atoms with Crippen molar-refractivity contribution in [3.05, 3.63) is 70.3 Å². The molecule has 0 spiro atoms. The van der Waals surface area contributed by atoms with Crippen molar-refractivity contribution in [1.82, 2.24) is 20.0 Å². The highest BCUT2D eigenvalue weighted by Crippen LogP contribution is 2.32. The van der Waals surface area contributed by atoms with E-state index in [0.29, 0.717) is 34.9 Å². The first kappa shape index (κ1) is 18.9. The Labute approximate surface area is 176 Å². The van der Waals surface area contributed by atoms with Gasteiger partial charge >= 0.3 is 0 Å². The van der Waals surface area contributed by atoms with Gasteiger partial charge in [-0.3, -0.25) is 14.2 Å². The largest absolute Gasteiger partial charge is 0.454 e. The van der Waals surface area contributed by atoms with Gasteiger partial charge in [-0.25, -0.2) is 0 Å². The van der Waals surface area contributed by atoms with Gasteiger partial charge in [-0.2, -0.15) is 4.98 Å². The minimum atomic E-state index is -0.331. The maximum Gasteiger partial charge on any atom is 0.258 e. The molecule has 0 radical (unpaired) electrons. The maximum absolute atomic E-state index is 12.8. The molecule has 1 aliphatic heterocycles. The molecule has 4 aromatic rings. The summed E-state index contributed by atoms with van der Waals surface area (Å²) in [4.78, 5) is 29.7. The molecular weight excluding hydrogens is 400 g/mol. The van der Waals surface area contributed by atoms with E-state index in [2.05, 4.69) is 15.5 Å². The quantitative estimate of drug-likeness (QED) is 0.530. The zero-order valence-electron chi connectivity index (χ0n) is 16.6. The van der Waals surface area contributed by atoms with Crippen LogP contribution in [0.2, 0.25) is 0 Å². The lowest BCUT2D eigenvalue weighted by molar-refractivity contribution is -0.121. The Morgan fingerprint density at radius 3 is 2.81 bits per heavy atom. The molecule has 5 rings (SSSR count). The minimum absolute atomic E-state index is 0.118. The lowest BCUT2D eigenvalue weighted by Gasteiger charge is -2.12. The molecule has 0 bridgehead atoms. The zero-order valence-corrected chi connectivity index (χ0v) is 16.6. The number of nitrogens with one attached hydrogen (secondary N) is 1. The van der Waals surface area contributed by atoms with Crippen LogP contribution in [0.1, 0.15) is 11.4 Å². The number of carbonyl (C=O) groups excluding carboxylic acids is 1. The Balaban J connectivity index is 1.39. The monoisotopic (exact) mass is 418 g/mol. The Morgan fingerprint density at radius 1 is 1.13 bits per heavy atom. The van der Waals surface area contributed by atoms with Crippen LogP contribution in [-0.2, 0) is 17.9 Å². The van der Waals surface area contributed by atoms with E-state index in [4.69, 9.17) is 14.0 Å². The van der Waals surface area contributed by atoms with Crippen molar-refractivity contribution >= 4 is 16.8 Å². The SMILES string of the molecule is Cc1noc(-c2cc(=O)n(CC(=O)NCc3ccc4c(c3)OCO4)c3ccccc23)n1. The van der Waals surface area contributed by atoms with E-state index in [0.717, 1.165) is 10.9 Å². The summed E-state index contributed by atoms with van der Waals surface area (Å²) in [5, 5.41) is 7.39. The average molecular weight is 418 g/mol. The molecule has 1 amide bonds. The lowest BCUT2D eigenvalue weighted by Crippen LogP contribution is -2.32. The molecule has 0 saturated carbocycles. The van der Waals surface area contributed by atoms with Crippen LogP contribution >= 0.6 is 0 Å². The van der Waals surface area contributed by atoms with Gasteiger partial charge in [0.25, 0.3) is 11.4 Å². The van der Waals surface area contributed by atoms with Crippen molar-refractivity contribution in [2.45, 2.75) is 20.0 Å². The molecule has 2 aromatic carbocycles. The predicted molar refractivity (Wildman–Crippen MR) is 111 cm³/mol. The van der Waals surface area contributed by atoms with Crippen molar-refractivity contribution in [2.24, 2.45) is 0 Å². The highest BCUT2D eigenvalue weighted by atomic mass is 16.7. The Kier molecular flexibility index (Phi) is 4.62. The second-order valence-corrected chi connectivity index (χ2v) is 7.11. The van der Waals surface area contributed by atoms with Gasteiger partial charge in [0.15, 0.2) is 17.3 Å². The third-order valence-corrected chi connectivity index (χ3v) is 5.01. The number of hydrogen-bond donors (Lipinski definition) is 1. The third-order valence-electron chi connectivity index (χ3n) is 5.01. The van der Waals surface area contributed by atoms with Crippen LogP contribution in [0, 0.1) is 6.92 Å². The Hall–Kier alpha value is -4.14. The Bertz CT molecular complexity index is 1360. The maximum atomic E-state index is 12.8. The summed E-state index contributed by atoms with van der Waals surface area (Å²) in [6.07, 6.45) is 0. The molecule has 2 aromatic heterocycles. The fourth-order valence-electron chi connectivity index (χ4n) is 3.53. The Morgan fingerprint density at radius 2 is 1.97 bits per heavy atom. The molecule has 3 heterocycles. The van der Waals surface area contributed by atoms with Crippen LogP contribution in [0.15, 0.2) is 57.8 Å². The fraction of sp³-hybridized carbons (Fsp3) is 0.182. The number of aryl methyl sites for hydroxylation is 1. The first-order chi connectivity index (χ1) is 15.1. The molecule has 0 fully saturated rings. The number of ether oxygens (including phenoxy) is 2. The second kappa shape index (κ2) is 7.60. The van der Waals surface area contributed by atoms with Crippen molar-refractivity contribution in [3.63, 3.8) is 0 Å². The van der Waals surface area contributed by atoms with E-state index in [-0.39, 0.29) is 30.7 Å². The molecule has 1 N–H and O–H groups in total. The number of rotatable bonds is 5. The molecular formula is C22H18N4O5. The van der Waals surface area contributed by atoms with E-state index in [9.17, 15) is 9.59 Å². The standard InChI is InChI=1S/C22H18N4O5/c1-13-24-22(31-25-13)16-9-21(28)26(17-5-3-2-4-15(16)17)11-20(27)23-10-14-6-7-18-19(8-14)30-12-29-18/h2-9H,10-12H2,1H3,(H,23,27).